The van der Waals surface area contributed by atoms with Crippen molar-refractivity contribution in [1.29, 1.82) is 0 Å². The molecule has 1 amide bonds. The lowest BCUT2D eigenvalue weighted by Crippen LogP contribution is -2.30. The average molecular weight is 285 g/mol. The number of carbonyl (C=O) groups excluding carboxylic acids is 1. The van der Waals surface area contributed by atoms with E-state index in [4.69, 9.17) is 5.73 Å². The van der Waals surface area contributed by atoms with Crippen molar-refractivity contribution < 1.29 is 4.79 Å². The molecule has 4 heteroatoms. The molecule has 1 unspecified atom stereocenters. The number of nitrogens with two attached hydrogens (primary N) is 1. The van der Waals surface area contributed by atoms with Gasteiger partial charge in [-0.1, -0.05) is 41.1 Å². The minimum absolute atomic E-state index is 0.0208. The molecule has 1 rings (SSSR count). The predicted molar refractivity (Wildman–Crippen MR) is 68.8 cm³/mol. The van der Waals surface area contributed by atoms with E-state index in [9.17, 15) is 4.79 Å². The van der Waals surface area contributed by atoms with Crippen LogP contribution in [0.2, 0.25) is 0 Å². The number of carbonyl (C=O) groups is 1. The smallest absolute Gasteiger partial charge is 0.223 e. The molecule has 0 aliphatic carbocycles. The molecular formula is C12H17BrN2O. The first-order chi connectivity index (χ1) is 7.65. The molecule has 3 N–H and O–H groups in total. The molecule has 0 aliphatic rings. The lowest BCUT2D eigenvalue weighted by atomic mass is 10.1. The highest BCUT2D eigenvalue weighted by Gasteiger charge is 2.11. The van der Waals surface area contributed by atoms with E-state index >= 15 is 0 Å². The third kappa shape index (κ3) is 3.94. The number of amides is 1. The standard InChI is InChI=1S/C12H17BrN2O/c1-9(6-7-14)12(16)15-8-10-4-2-3-5-11(10)13/h2-5,9H,6-8,14H2,1H3,(H,15,16). The van der Waals surface area contributed by atoms with Crippen molar-refractivity contribution in [2.24, 2.45) is 11.7 Å². The van der Waals surface area contributed by atoms with E-state index in [2.05, 4.69) is 21.2 Å². The Bertz CT molecular complexity index is 355. The molecule has 0 fully saturated rings. The molecule has 0 heterocycles. The Balaban J connectivity index is 2.46. The van der Waals surface area contributed by atoms with Crippen LogP contribution in [0.3, 0.4) is 0 Å². The maximum absolute atomic E-state index is 11.6. The molecule has 0 aliphatic heterocycles. The monoisotopic (exact) mass is 284 g/mol. The zero-order valence-corrected chi connectivity index (χ0v) is 11.0. The van der Waals surface area contributed by atoms with Crippen LogP contribution >= 0.6 is 15.9 Å². The van der Waals surface area contributed by atoms with Crippen LogP contribution in [0.4, 0.5) is 0 Å². The van der Waals surface area contributed by atoms with Crippen LogP contribution in [-0.4, -0.2) is 12.5 Å². The van der Waals surface area contributed by atoms with Crippen molar-refractivity contribution >= 4 is 21.8 Å². The van der Waals surface area contributed by atoms with Crippen molar-refractivity contribution in [3.05, 3.63) is 34.3 Å². The number of nitrogens with one attached hydrogen (secondary N) is 1. The summed E-state index contributed by atoms with van der Waals surface area (Å²) in [7, 11) is 0. The summed E-state index contributed by atoms with van der Waals surface area (Å²) in [5.74, 6) is 0.0358. The first-order valence-corrected chi connectivity index (χ1v) is 6.15. The van der Waals surface area contributed by atoms with Crippen molar-refractivity contribution in [3.8, 4) is 0 Å². The van der Waals surface area contributed by atoms with Crippen molar-refractivity contribution in [1.82, 2.24) is 5.32 Å². The van der Waals surface area contributed by atoms with Gasteiger partial charge in [-0.05, 0) is 24.6 Å². The van der Waals surface area contributed by atoms with Gasteiger partial charge in [-0.15, -0.1) is 0 Å². The van der Waals surface area contributed by atoms with E-state index in [1.165, 1.54) is 0 Å². The first kappa shape index (κ1) is 13.2. The highest BCUT2D eigenvalue weighted by molar-refractivity contribution is 9.10. The maximum atomic E-state index is 11.6. The lowest BCUT2D eigenvalue weighted by molar-refractivity contribution is -0.124. The summed E-state index contributed by atoms with van der Waals surface area (Å²) in [4.78, 5) is 11.6. The Hall–Kier alpha value is -0.870. The van der Waals surface area contributed by atoms with Gasteiger partial charge < -0.3 is 11.1 Å². The molecule has 1 atom stereocenters. The van der Waals surface area contributed by atoms with Gasteiger partial charge in [0.2, 0.25) is 5.91 Å². The Morgan fingerprint density at radius 2 is 2.19 bits per heavy atom. The van der Waals surface area contributed by atoms with Crippen LogP contribution in [0.15, 0.2) is 28.7 Å². The van der Waals surface area contributed by atoms with E-state index in [0.29, 0.717) is 13.1 Å². The van der Waals surface area contributed by atoms with Crippen molar-refractivity contribution in [2.75, 3.05) is 6.54 Å². The highest BCUT2D eigenvalue weighted by atomic mass is 79.9. The highest BCUT2D eigenvalue weighted by Crippen LogP contribution is 2.15. The second-order valence-electron chi connectivity index (χ2n) is 3.79. The van der Waals surface area contributed by atoms with Gasteiger partial charge in [-0.25, -0.2) is 0 Å². The van der Waals surface area contributed by atoms with Gasteiger partial charge in [-0.2, -0.15) is 0 Å². The van der Waals surface area contributed by atoms with Crippen LogP contribution in [0.5, 0.6) is 0 Å². The predicted octanol–water partition coefficient (Wildman–Crippen LogP) is 2.05. The molecule has 0 radical (unpaired) electrons. The van der Waals surface area contributed by atoms with Gasteiger partial charge in [-0.3, -0.25) is 4.79 Å². The minimum Gasteiger partial charge on any atom is -0.352 e. The average Bonchev–Trinajstić information content (AvgIpc) is 2.28. The minimum atomic E-state index is -0.0208. The van der Waals surface area contributed by atoms with Crippen molar-refractivity contribution in [3.63, 3.8) is 0 Å². The van der Waals surface area contributed by atoms with Crippen LogP contribution in [-0.2, 0) is 11.3 Å². The summed E-state index contributed by atoms with van der Waals surface area (Å²) in [5, 5.41) is 2.90. The van der Waals surface area contributed by atoms with Crippen LogP contribution in [0, 0.1) is 5.92 Å². The van der Waals surface area contributed by atoms with E-state index in [1.54, 1.807) is 0 Å². The number of benzene rings is 1. The Morgan fingerprint density at radius 3 is 2.81 bits per heavy atom. The van der Waals surface area contributed by atoms with E-state index in [-0.39, 0.29) is 11.8 Å². The molecular weight excluding hydrogens is 268 g/mol. The summed E-state index contributed by atoms with van der Waals surface area (Å²) < 4.78 is 1.02. The van der Waals surface area contributed by atoms with Gasteiger partial charge in [0, 0.05) is 16.9 Å². The number of halogens is 1. The normalized spacial score (nSPS) is 12.2. The van der Waals surface area contributed by atoms with Gasteiger partial charge >= 0.3 is 0 Å². The molecule has 0 saturated heterocycles. The third-order valence-corrected chi connectivity index (χ3v) is 3.23. The molecule has 1 aromatic rings. The lowest BCUT2D eigenvalue weighted by Gasteiger charge is -2.11. The number of hydrogen-bond donors (Lipinski definition) is 2. The zero-order chi connectivity index (χ0) is 12.0. The third-order valence-electron chi connectivity index (χ3n) is 2.46. The van der Waals surface area contributed by atoms with Gasteiger partial charge in [0.15, 0.2) is 0 Å². The molecule has 0 bridgehead atoms. The molecule has 3 nitrogen and oxygen atoms in total. The van der Waals surface area contributed by atoms with Gasteiger partial charge in [0.05, 0.1) is 0 Å². The fourth-order valence-electron chi connectivity index (χ4n) is 1.38. The van der Waals surface area contributed by atoms with E-state index in [1.807, 2.05) is 31.2 Å². The van der Waals surface area contributed by atoms with Gasteiger partial charge in [0.1, 0.15) is 0 Å². The molecule has 0 spiro atoms. The summed E-state index contributed by atoms with van der Waals surface area (Å²) in [6.07, 6.45) is 0.724. The van der Waals surface area contributed by atoms with Crippen LogP contribution in [0.1, 0.15) is 18.9 Å². The van der Waals surface area contributed by atoms with Crippen LogP contribution in [0.25, 0.3) is 0 Å². The second kappa shape index (κ2) is 6.66. The fraction of sp³-hybridized carbons (Fsp3) is 0.417. The quantitative estimate of drug-likeness (QED) is 0.870. The SMILES string of the molecule is CC(CCN)C(=O)NCc1ccccc1Br. The van der Waals surface area contributed by atoms with Crippen LogP contribution < -0.4 is 11.1 Å². The Morgan fingerprint density at radius 1 is 1.50 bits per heavy atom. The molecule has 88 valence electrons. The second-order valence-corrected chi connectivity index (χ2v) is 4.64. The van der Waals surface area contributed by atoms with E-state index in [0.717, 1.165) is 16.5 Å². The fourth-order valence-corrected chi connectivity index (χ4v) is 1.80. The number of hydrogen-bond acceptors (Lipinski definition) is 2. The number of rotatable bonds is 5. The zero-order valence-electron chi connectivity index (χ0n) is 9.37. The molecule has 1 aromatic carbocycles. The summed E-state index contributed by atoms with van der Waals surface area (Å²) >= 11 is 3.44. The largest absolute Gasteiger partial charge is 0.352 e. The van der Waals surface area contributed by atoms with E-state index < -0.39 is 0 Å². The molecule has 0 saturated carbocycles. The maximum Gasteiger partial charge on any atom is 0.223 e. The summed E-state index contributed by atoms with van der Waals surface area (Å²) in [6.45, 7) is 2.99. The topological polar surface area (TPSA) is 55.1 Å². The van der Waals surface area contributed by atoms with Crippen molar-refractivity contribution in [2.45, 2.75) is 19.9 Å². The summed E-state index contributed by atoms with van der Waals surface area (Å²) in [5.41, 5.74) is 6.49. The summed E-state index contributed by atoms with van der Waals surface area (Å²) in [6, 6.07) is 7.85. The first-order valence-electron chi connectivity index (χ1n) is 5.36. The molecule has 16 heavy (non-hydrogen) atoms. The Labute approximate surface area is 105 Å². The molecule has 0 aromatic heterocycles. The van der Waals surface area contributed by atoms with Gasteiger partial charge in [0.25, 0.3) is 0 Å². The Kier molecular flexibility index (Phi) is 5.49.